The molecule has 0 aromatic heterocycles. The van der Waals surface area contributed by atoms with Crippen molar-refractivity contribution in [2.24, 2.45) is 0 Å². The van der Waals surface area contributed by atoms with Crippen LogP contribution in [0, 0.1) is 17.7 Å². The topological polar surface area (TPSA) is 0 Å². The van der Waals surface area contributed by atoms with Crippen LogP contribution in [-0.2, 0) is 6.42 Å². The zero-order valence-electron chi connectivity index (χ0n) is 6.62. The first kappa shape index (κ1) is 10.7. The number of hydrogen-bond acceptors (Lipinski definition) is 0. The van der Waals surface area contributed by atoms with Gasteiger partial charge in [-0.05, 0) is 0 Å². The molecule has 0 bridgehead atoms. The van der Waals surface area contributed by atoms with E-state index in [4.69, 9.17) is 0 Å². The molecule has 0 atom stereocenters. The molecule has 1 rings (SSSR count). The number of benzene rings is 1. The Kier molecular flexibility index (Phi) is 4.40. The summed E-state index contributed by atoms with van der Waals surface area (Å²) in [7, 11) is 0. The van der Waals surface area contributed by atoms with Crippen molar-refractivity contribution >= 4 is 0 Å². The molecule has 0 amide bonds. The third kappa shape index (κ3) is 2.32. The van der Waals surface area contributed by atoms with Crippen molar-refractivity contribution in [1.29, 1.82) is 0 Å². The molecule has 1 aromatic carbocycles. The molecule has 0 saturated heterocycles. The molecule has 1 aromatic rings. The molecule has 0 radical (unpaired) electrons. The van der Waals surface area contributed by atoms with Crippen LogP contribution in [-0.4, -0.2) is 0 Å². The first-order valence-electron chi connectivity index (χ1n) is 3.10. The SMILES string of the molecule is CCc1cc[c-]c(F)c1F.[Li+]. The van der Waals surface area contributed by atoms with Gasteiger partial charge in [0.1, 0.15) is 0 Å². The molecular weight excluding hydrogens is 141 g/mol. The molecular formula is C8H7F2Li. The van der Waals surface area contributed by atoms with Crippen molar-refractivity contribution in [2.75, 3.05) is 0 Å². The van der Waals surface area contributed by atoms with Crippen LogP contribution >= 0.6 is 0 Å². The molecule has 0 aliphatic heterocycles. The molecule has 54 valence electrons. The van der Waals surface area contributed by atoms with E-state index in [1.807, 2.05) is 0 Å². The van der Waals surface area contributed by atoms with Gasteiger partial charge in [0.05, 0.1) is 0 Å². The summed E-state index contributed by atoms with van der Waals surface area (Å²) in [6.45, 7) is 1.78. The van der Waals surface area contributed by atoms with E-state index >= 15 is 0 Å². The summed E-state index contributed by atoms with van der Waals surface area (Å²) < 4.78 is 24.9. The van der Waals surface area contributed by atoms with Crippen molar-refractivity contribution in [3.63, 3.8) is 0 Å². The van der Waals surface area contributed by atoms with Crippen molar-refractivity contribution in [2.45, 2.75) is 13.3 Å². The third-order valence-electron chi connectivity index (χ3n) is 1.35. The van der Waals surface area contributed by atoms with E-state index in [1.165, 1.54) is 12.1 Å². The molecule has 0 aliphatic rings. The van der Waals surface area contributed by atoms with E-state index in [9.17, 15) is 8.78 Å². The number of aryl methyl sites for hydroxylation is 1. The molecule has 0 spiro atoms. The standard InChI is InChI=1S/C8H7F2.Li/c1-2-6-4-3-5-7(9)8(6)10;/h3-4H,2H2,1H3;/q-1;+1. The molecule has 0 aliphatic carbocycles. The Balaban J connectivity index is 0.000001000. The van der Waals surface area contributed by atoms with E-state index in [0.29, 0.717) is 12.0 Å². The minimum Gasteiger partial charge on any atom is -0.281 e. The van der Waals surface area contributed by atoms with Gasteiger partial charge in [0.25, 0.3) is 0 Å². The van der Waals surface area contributed by atoms with Crippen LogP contribution in [0.2, 0.25) is 0 Å². The van der Waals surface area contributed by atoms with Gasteiger partial charge < -0.3 is 0 Å². The predicted molar refractivity (Wildman–Crippen MR) is 34.6 cm³/mol. The van der Waals surface area contributed by atoms with E-state index < -0.39 is 11.6 Å². The van der Waals surface area contributed by atoms with Crippen LogP contribution in [0.4, 0.5) is 8.78 Å². The summed E-state index contributed by atoms with van der Waals surface area (Å²) in [6.07, 6.45) is 0.511. The molecule has 11 heavy (non-hydrogen) atoms. The van der Waals surface area contributed by atoms with Gasteiger partial charge in [-0.15, -0.1) is 11.6 Å². The first-order valence-corrected chi connectivity index (χ1v) is 3.10. The second-order valence-electron chi connectivity index (χ2n) is 1.98. The van der Waals surface area contributed by atoms with Crippen LogP contribution in [0.5, 0.6) is 0 Å². The third-order valence-corrected chi connectivity index (χ3v) is 1.35. The van der Waals surface area contributed by atoms with Crippen molar-refractivity contribution < 1.29 is 27.6 Å². The van der Waals surface area contributed by atoms with Crippen molar-refractivity contribution in [1.82, 2.24) is 0 Å². The Labute approximate surface area is 76.8 Å². The maximum absolute atomic E-state index is 12.6. The zero-order chi connectivity index (χ0) is 7.56. The minimum atomic E-state index is -0.889. The van der Waals surface area contributed by atoms with Crippen LogP contribution < -0.4 is 18.9 Å². The van der Waals surface area contributed by atoms with Gasteiger partial charge in [-0.25, -0.2) is 4.39 Å². The number of halogens is 2. The Morgan fingerprint density at radius 3 is 2.55 bits per heavy atom. The van der Waals surface area contributed by atoms with E-state index in [-0.39, 0.29) is 18.9 Å². The predicted octanol–water partition coefficient (Wildman–Crippen LogP) is -0.669. The summed E-state index contributed by atoms with van der Waals surface area (Å²) in [4.78, 5) is 0. The van der Waals surface area contributed by atoms with E-state index in [0.717, 1.165) is 0 Å². The second-order valence-corrected chi connectivity index (χ2v) is 1.98. The fraction of sp³-hybridized carbons (Fsp3) is 0.250. The summed E-state index contributed by atoms with van der Waals surface area (Å²) in [5.74, 6) is -1.66. The van der Waals surface area contributed by atoms with Crippen LogP contribution in [0.25, 0.3) is 0 Å². The minimum absolute atomic E-state index is 0. The zero-order valence-corrected chi connectivity index (χ0v) is 6.62. The van der Waals surface area contributed by atoms with Gasteiger partial charge in [0, 0.05) is 11.6 Å². The number of hydrogen-bond donors (Lipinski definition) is 0. The maximum Gasteiger partial charge on any atom is 1.00 e. The summed E-state index contributed by atoms with van der Waals surface area (Å²) >= 11 is 0. The van der Waals surface area contributed by atoms with E-state index in [2.05, 4.69) is 6.07 Å². The average Bonchev–Trinajstić information content (AvgIpc) is 1.95. The van der Waals surface area contributed by atoms with Gasteiger partial charge in [0.2, 0.25) is 0 Å². The van der Waals surface area contributed by atoms with Gasteiger partial charge in [-0.2, -0.15) is 12.1 Å². The van der Waals surface area contributed by atoms with Crippen LogP contribution in [0.3, 0.4) is 0 Å². The van der Waals surface area contributed by atoms with Gasteiger partial charge >= 0.3 is 18.9 Å². The monoisotopic (exact) mass is 148 g/mol. The Morgan fingerprint density at radius 2 is 2.09 bits per heavy atom. The molecule has 0 N–H and O–H groups in total. The molecule has 0 heterocycles. The van der Waals surface area contributed by atoms with Crippen LogP contribution in [0.1, 0.15) is 12.5 Å². The Bertz CT molecular complexity index is 236. The van der Waals surface area contributed by atoms with Crippen molar-refractivity contribution in [3.8, 4) is 0 Å². The van der Waals surface area contributed by atoms with Crippen molar-refractivity contribution in [3.05, 3.63) is 35.4 Å². The second kappa shape index (κ2) is 4.53. The number of rotatable bonds is 1. The molecule has 0 saturated carbocycles. The summed E-state index contributed by atoms with van der Waals surface area (Å²) in [6, 6.07) is 5.04. The normalized spacial score (nSPS) is 9.00. The Morgan fingerprint density at radius 1 is 1.45 bits per heavy atom. The fourth-order valence-electron chi connectivity index (χ4n) is 0.766. The first-order chi connectivity index (χ1) is 4.75. The van der Waals surface area contributed by atoms with Gasteiger partial charge in [0.15, 0.2) is 0 Å². The average molecular weight is 148 g/mol. The molecule has 0 nitrogen and oxygen atoms in total. The molecule has 0 unspecified atom stereocenters. The maximum atomic E-state index is 12.6. The summed E-state index contributed by atoms with van der Waals surface area (Å²) in [5, 5.41) is 0. The Hall–Kier alpha value is -0.323. The smallest absolute Gasteiger partial charge is 0.281 e. The quantitative estimate of drug-likeness (QED) is 0.366. The van der Waals surface area contributed by atoms with Gasteiger partial charge in [-0.1, -0.05) is 13.3 Å². The van der Waals surface area contributed by atoms with Crippen LogP contribution in [0.15, 0.2) is 12.1 Å². The van der Waals surface area contributed by atoms with E-state index in [1.54, 1.807) is 6.92 Å². The fourth-order valence-corrected chi connectivity index (χ4v) is 0.766. The van der Waals surface area contributed by atoms with Gasteiger partial charge in [-0.3, -0.25) is 4.39 Å². The molecule has 3 heteroatoms. The summed E-state index contributed by atoms with van der Waals surface area (Å²) in [5.41, 5.74) is 0.399. The largest absolute Gasteiger partial charge is 1.00 e. The molecule has 0 fully saturated rings.